The minimum absolute atomic E-state index is 0.617. The second kappa shape index (κ2) is 6.14. The predicted octanol–water partition coefficient (Wildman–Crippen LogP) is 3.26. The minimum atomic E-state index is 0.617. The first-order valence-corrected chi connectivity index (χ1v) is 6.91. The molecule has 0 N–H and O–H groups in total. The highest BCUT2D eigenvalue weighted by Crippen LogP contribution is 2.26. The quantitative estimate of drug-likeness (QED) is 0.566. The molecular formula is C11H14OS2. The maximum absolute atomic E-state index is 10.3. The van der Waals surface area contributed by atoms with E-state index in [0.29, 0.717) is 6.42 Å². The third kappa shape index (κ3) is 3.07. The van der Waals surface area contributed by atoms with Crippen LogP contribution in [0.3, 0.4) is 0 Å². The molecule has 0 spiro atoms. The second-order valence-corrected chi connectivity index (χ2v) is 4.61. The van der Waals surface area contributed by atoms with Crippen LogP contribution < -0.4 is 0 Å². The second-order valence-electron chi connectivity index (χ2n) is 2.88. The van der Waals surface area contributed by atoms with Crippen LogP contribution in [0.25, 0.3) is 0 Å². The number of benzene rings is 1. The molecule has 0 unspecified atom stereocenters. The van der Waals surface area contributed by atoms with E-state index in [4.69, 9.17) is 0 Å². The summed E-state index contributed by atoms with van der Waals surface area (Å²) < 4.78 is 0. The Labute approximate surface area is 93.7 Å². The van der Waals surface area contributed by atoms with Gasteiger partial charge in [0.05, 0.1) is 0 Å². The van der Waals surface area contributed by atoms with Crippen molar-refractivity contribution in [2.24, 2.45) is 0 Å². The van der Waals surface area contributed by atoms with Crippen LogP contribution in [-0.2, 0) is 11.2 Å². The molecule has 1 rings (SSSR count). The Kier molecular flexibility index (Phi) is 5.12. The zero-order valence-corrected chi connectivity index (χ0v) is 10.1. The predicted molar refractivity (Wildman–Crippen MR) is 64.4 cm³/mol. The molecule has 0 saturated heterocycles. The number of aldehydes is 1. The molecule has 1 nitrogen and oxygen atoms in total. The fourth-order valence-corrected chi connectivity index (χ4v) is 2.46. The Morgan fingerprint density at radius 2 is 2.07 bits per heavy atom. The van der Waals surface area contributed by atoms with Gasteiger partial charge in [0, 0.05) is 16.2 Å². The van der Waals surface area contributed by atoms with Crippen LogP contribution in [0.5, 0.6) is 0 Å². The third-order valence-electron chi connectivity index (χ3n) is 2.03. The molecule has 0 radical (unpaired) electrons. The average Bonchev–Trinajstić information content (AvgIpc) is 2.26. The van der Waals surface area contributed by atoms with Gasteiger partial charge in [-0.2, -0.15) is 0 Å². The molecule has 0 atom stereocenters. The van der Waals surface area contributed by atoms with E-state index >= 15 is 0 Å². The zero-order chi connectivity index (χ0) is 10.4. The van der Waals surface area contributed by atoms with E-state index in [1.165, 1.54) is 15.4 Å². The van der Waals surface area contributed by atoms with Crippen LogP contribution in [0.4, 0.5) is 0 Å². The van der Waals surface area contributed by atoms with Crippen LogP contribution in [0.1, 0.15) is 12.0 Å². The molecule has 0 heterocycles. The number of aryl methyl sites for hydroxylation is 1. The highest BCUT2D eigenvalue weighted by Gasteiger charge is 2.02. The van der Waals surface area contributed by atoms with Crippen LogP contribution in [0.2, 0.25) is 0 Å². The highest BCUT2D eigenvalue weighted by atomic mass is 32.2. The van der Waals surface area contributed by atoms with E-state index in [0.717, 1.165) is 12.7 Å². The van der Waals surface area contributed by atoms with Crippen LogP contribution in [0.15, 0.2) is 28.0 Å². The summed E-state index contributed by atoms with van der Waals surface area (Å²) in [6, 6.07) is 6.43. The molecule has 0 fully saturated rings. The lowest BCUT2D eigenvalue weighted by molar-refractivity contribution is -0.107. The maximum atomic E-state index is 10.3. The molecule has 1 aromatic rings. The number of hydrogen-bond donors (Lipinski definition) is 0. The van der Waals surface area contributed by atoms with E-state index in [-0.39, 0.29) is 0 Å². The first-order chi connectivity index (χ1) is 6.81. The van der Waals surface area contributed by atoms with Gasteiger partial charge in [0.25, 0.3) is 0 Å². The van der Waals surface area contributed by atoms with Crippen LogP contribution in [0, 0.1) is 0 Å². The molecule has 0 amide bonds. The van der Waals surface area contributed by atoms with Crippen molar-refractivity contribution in [1.82, 2.24) is 0 Å². The summed E-state index contributed by atoms with van der Waals surface area (Å²) in [7, 11) is 0. The van der Waals surface area contributed by atoms with Gasteiger partial charge < -0.3 is 4.79 Å². The molecule has 1 aromatic carbocycles. The average molecular weight is 226 g/mol. The van der Waals surface area contributed by atoms with Crippen molar-refractivity contribution in [3.8, 4) is 0 Å². The van der Waals surface area contributed by atoms with Gasteiger partial charge in [0.15, 0.2) is 0 Å². The van der Waals surface area contributed by atoms with Gasteiger partial charge >= 0.3 is 0 Å². The third-order valence-corrected chi connectivity index (χ3v) is 3.57. The van der Waals surface area contributed by atoms with E-state index in [1.807, 2.05) is 0 Å². The lowest BCUT2D eigenvalue weighted by Crippen LogP contribution is -1.89. The maximum Gasteiger partial charge on any atom is 0.120 e. The summed E-state index contributed by atoms with van der Waals surface area (Å²) in [4.78, 5) is 12.9. The molecule has 0 saturated carbocycles. The Morgan fingerprint density at radius 1 is 1.29 bits per heavy atom. The highest BCUT2D eigenvalue weighted by molar-refractivity contribution is 7.99. The Hall–Kier alpha value is -0.410. The van der Waals surface area contributed by atoms with Gasteiger partial charge in [-0.1, -0.05) is 6.07 Å². The summed E-state index contributed by atoms with van der Waals surface area (Å²) in [6.07, 6.45) is 6.60. The van der Waals surface area contributed by atoms with Crippen LogP contribution in [-0.4, -0.2) is 18.8 Å². The van der Waals surface area contributed by atoms with E-state index < -0.39 is 0 Å². The van der Waals surface area contributed by atoms with E-state index in [2.05, 4.69) is 30.7 Å². The summed E-state index contributed by atoms with van der Waals surface area (Å²) in [5.41, 5.74) is 1.28. The minimum Gasteiger partial charge on any atom is -0.303 e. The topological polar surface area (TPSA) is 17.1 Å². The zero-order valence-electron chi connectivity index (χ0n) is 8.45. The Balaban J connectivity index is 2.87. The van der Waals surface area contributed by atoms with Gasteiger partial charge in [-0.15, -0.1) is 23.5 Å². The van der Waals surface area contributed by atoms with Crippen molar-refractivity contribution in [2.45, 2.75) is 22.6 Å². The molecule has 0 aliphatic carbocycles. The summed E-state index contributed by atoms with van der Waals surface area (Å²) in [5, 5.41) is 0. The van der Waals surface area contributed by atoms with Gasteiger partial charge in [0.2, 0.25) is 0 Å². The fraction of sp³-hybridized carbons (Fsp3) is 0.364. The van der Waals surface area contributed by atoms with Gasteiger partial charge in [-0.25, -0.2) is 0 Å². The summed E-state index contributed by atoms with van der Waals surface area (Å²) in [6.45, 7) is 0. The summed E-state index contributed by atoms with van der Waals surface area (Å²) in [5.74, 6) is 0. The molecule has 0 aliphatic heterocycles. The lowest BCUT2D eigenvalue weighted by Gasteiger charge is -2.07. The van der Waals surface area contributed by atoms with Crippen molar-refractivity contribution < 1.29 is 4.79 Å². The number of thioether (sulfide) groups is 2. The number of rotatable bonds is 5. The first kappa shape index (κ1) is 11.7. The normalized spacial score (nSPS) is 10.1. The largest absolute Gasteiger partial charge is 0.303 e. The van der Waals surface area contributed by atoms with E-state index in [1.54, 1.807) is 23.5 Å². The summed E-state index contributed by atoms with van der Waals surface area (Å²) >= 11 is 3.49. The Morgan fingerprint density at radius 3 is 2.64 bits per heavy atom. The molecule has 76 valence electrons. The number of hydrogen-bond acceptors (Lipinski definition) is 3. The number of carbonyl (C=O) groups is 1. The molecule has 0 aliphatic rings. The van der Waals surface area contributed by atoms with Gasteiger partial charge in [0.1, 0.15) is 6.29 Å². The molecular weight excluding hydrogens is 212 g/mol. The lowest BCUT2D eigenvalue weighted by atomic mass is 10.1. The van der Waals surface area contributed by atoms with E-state index in [9.17, 15) is 4.79 Å². The SMILES string of the molecule is CSc1ccc(CCC=O)c(SC)c1. The monoisotopic (exact) mass is 226 g/mol. The van der Waals surface area contributed by atoms with Gasteiger partial charge in [-0.05, 0) is 36.6 Å². The van der Waals surface area contributed by atoms with Gasteiger partial charge in [-0.3, -0.25) is 0 Å². The van der Waals surface area contributed by atoms with Crippen molar-refractivity contribution >= 4 is 29.8 Å². The van der Waals surface area contributed by atoms with Crippen molar-refractivity contribution in [1.29, 1.82) is 0 Å². The fourth-order valence-electron chi connectivity index (χ4n) is 1.27. The first-order valence-electron chi connectivity index (χ1n) is 4.46. The van der Waals surface area contributed by atoms with Crippen molar-refractivity contribution in [3.63, 3.8) is 0 Å². The molecule has 0 aromatic heterocycles. The smallest absolute Gasteiger partial charge is 0.120 e. The molecule has 3 heteroatoms. The molecule has 0 bridgehead atoms. The van der Waals surface area contributed by atoms with Crippen molar-refractivity contribution in [2.75, 3.05) is 12.5 Å². The van der Waals surface area contributed by atoms with Crippen LogP contribution >= 0.6 is 23.5 Å². The standard InChI is InChI=1S/C11H14OS2/c1-13-10-6-5-9(4-3-7-12)11(8-10)14-2/h5-8H,3-4H2,1-2H3. The molecule has 14 heavy (non-hydrogen) atoms. The Bertz CT molecular complexity index is 310. The number of carbonyl (C=O) groups excluding carboxylic acids is 1. The van der Waals surface area contributed by atoms with Crippen molar-refractivity contribution in [3.05, 3.63) is 23.8 Å².